The Kier molecular flexibility index (Phi) is 5.49. The smallest absolute Gasteiger partial charge is 0.140 e. The number of hydrogen-bond donors (Lipinski definition) is 1. The van der Waals surface area contributed by atoms with Crippen LogP contribution in [0.15, 0.2) is 6.33 Å². The van der Waals surface area contributed by atoms with Crippen LogP contribution < -0.4 is 5.32 Å². The van der Waals surface area contributed by atoms with Crippen molar-refractivity contribution in [3.05, 3.63) is 12.2 Å². The fraction of sp³-hybridized carbons (Fsp3) is 0.636. The Bertz CT molecular complexity index is 311. The Morgan fingerprint density at radius 2 is 2.47 bits per heavy atom. The third-order valence-electron chi connectivity index (χ3n) is 2.09. The van der Waals surface area contributed by atoms with Gasteiger partial charge in [0.25, 0.3) is 0 Å². The van der Waals surface area contributed by atoms with E-state index in [0.717, 1.165) is 44.7 Å². The molecule has 0 aliphatic heterocycles. The van der Waals surface area contributed by atoms with Crippen LogP contribution >= 0.6 is 0 Å². The largest absolute Gasteiger partial charge is 0.310 e. The summed E-state index contributed by atoms with van der Waals surface area (Å²) in [7, 11) is 0. The van der Waals surface area contributed by atoms with Gasteiger partial charge >= 0.3 is 0 Å². The van der Waals surface area contributed by atoms with Crippen LogP contribution in [-0.4, -0.2) is 21.3 Å². The standard InChI is InChI=1S/C11H18N4/c1-3-5-6-7-12-9-11-13-10-14-15(11)8-4-2/h1,10,12H,4-9H2,2H3. The zero-order chi connectivity index (χ0) is 10.9. The first-order valence-electron chi connectivity index (χ1n) is 5.39. The van der Waals surface area contributed by atoms with Gasteiger partial charge in [-0.05, 0) is 19.4 Å². The molecule has 0 aromatic carbocycles. The SMILES string of the molecule is C#CCCCNCc1ncnn1CCC. The number of nitrogens with zero attached hydrogens (tertiary/aromatic N) is 3. The molecule has 1 aromatic rings. The van der Waals surface area contributed by atoms with E-state index in [1.165, 1.54) is 0 Å². The molecule has 0 radical (unpaired) electrons. The van der Waals surface area contributed by atoms with Gasteiger partial charge in [0, 0.05) is 13.0 Å². The second-order valence-electron chi connectivity index (χ2n) is 3.38. The summed E-state index contributed by atoms with van der Waals surface area (Å²) >= 11 is 0. The van der Waals surface area contributed by atoms with E-state index in [2.05, 4.69) is 28.2 Å². The van der Waals surface area contributed by atoms with E-state index in [1.54, 1.807) is 6.33 Å². The monoisotopic (exact) mass is 206 g/mol. The highest BCUT2D eigenvalue weighted by molar-refractivity contribution is 4.85. The zero-order valence-electron chi connectivity index (χ0n) is 9.24. The molecule has 0 spiro atoms. The molecule has 0 amide bonds. The van der Waals surface area contributed by atoms with Crippen LogP contribution in [0, 0.1) is 12.3 Å². The number of rotatable bonds is 7. The lowest BCUT2D eigenvalue weighted by Gasteiger charge is -2.05. The second kappa shape index (κ2) is 7.02. The summed E-state index contributed by atoms with van der Waals surface area (Å²) in [6, 6.07) is 0. The van der Waals surface area contributed by atoms with Crippen molar-refractivity contribution < 1.29 is 0 Å². The van der Waals surface area contributed by atoms with Gasteiger partial charge in [-0.1, -0.05) is 6.92 Å². The van der Waals surface area contributed by atoms with Gasteiger partial charge in [-0.15, -0.1) is 12.3 Å². The third kappa shape index (κ3) is 4.13. The molecule has 1 N–H and O–H groups in total. The van der Waals surface area contributed by atoms with Crippen LogP contribution in [0.25, 0.3) is 0 Å². The van der Waals surface area contributed by atoms with Crippen molar-refractivity contribution in [2.75, 3.05) is 6.54 Å². The Balaban J connectivity index is 2.25. The normalized spacial score (nSPS) is 10.1. The molecule has 0 unspecified atom stereocenters. The van der Waals surface area contributed by atoms with Crippen molar-refractivity contribution in [3.8, 4) is 12.3 Å². The molecule has 1 rings (SSSR count). The first-order valence-corrected chi connectivity index (χ1v) is 5.39. The van der Waals surface area contributed by atoms with Crippen LogP contribution in [0.1, 0.15) is 32.0 Å². The van der Waals surface area contributed by atoms with E-state index in [-0.39, 0.29) is 0 Å². The lowest BCUT2D eigenvalue weighted by atomic mass is 10.3. The number of nitrogens with one attached hydrogen (secondary N) is 1. The molecule has 1 heterocycles. The molecule has 0 bridgehead atoms. The van der Waals surface area contributed by atoms with Gasteiger partial charge in [0.1, 0.15) is 12.2 Å². The van der Waals surface area contributed by atoms with E-state index in [1.807, 2.05) is 4.68 Å². The molecule has 4 nitrogen and oxygen atoms in total. The average molecular weight is 206 g/mol. The highest BCUT2D eigenvalue weighted by atomic mass is 15.3. The summed E-state index contributed by atoms with van der Waals surface area (Å²) in [6.07, 6.45) is 9.69. The Hall–Kier alpha value is -1.34. The number of aryl methyl sites for hydroxylation is 1. The maximum atomic E-state index is 5.16. The Labute approximate surface area is 91.1 Å². The van der Waals surface area contributed by atoms with Gasteiger partial charge in [-0.3, -0.25) is 0 Å². The minimum absolute atomic E-state index is 0.768. The maximum Gasteiger partial charge on any atom is 0.140 e. The topological polar surface area (TPSA) is 42.7 Å². The summed E-state index contributed by atoms with van der Waals surface area (Å²) in [5, 5.41) is 7.46. The first-order chi connectivity index (χ1) is 7.38. The van der Waals surface area contributed by atoms with E-state index in [9.17, 15) is 0 Å². The molecule has 4 heteroatoms. The average Bonchev–Trinajstić information content (AvgIpc) is 2.66. The second-order valence-corrected chi connectivity index (χ2v) is 3.38. The lowest BCUT2D eigenvalue weighted by Crippen LogP contribution is -2.18. The fourth-order valence-corrected chi connectivity index (χ4v) is 1.34. The van der Waals surface area contributed by atoms with Gasteiger partial charge < -0.3 is 5.32 Å². The van der Waals surface area contributed by atoms with E-state index in [0.29, 0.717) is 0 Å². The Morgan fingerprint density at radius 1 is 1.60 bits per heavy atom. The molecule has 82 valence electrons. The van der Waals surface area contributed by atoms with Crippen molar-refractivity contribution >= 4 is 0 Å². The van der Waals surface area contributed by atoms with Crippen LogP contribution in [0.4, 0.5) is 0 Å². The summed E-state index contributed by atoms with van der Waals surface area (Å²) in [5.74, 6) is 3.62. The lowest BCUT2D eigenvalue weighted by molar-refractivity contribution is 0.539. The predicted molar refractivity (Wildman–Crippen MR) is 60.1 cm³/mol. The maximum absolute atomic E-state index is 5.16. The number of unbranched alkanes of at least 4 members (excludes halogenated alkanes) is 1. The van der Waals surface area contributed by atoms with Crippen LogP contribution in [0.3, 0.4) is 0 Å². The van der Waals surface area contributed by atoms with Crippen molar-refractivity contribution in [2.24, 2.45) is 0 Å². The number of aromatic nitrogens is 3. The molecule has 0 fully saturated rings. The van der Waals surface area contributed by atoms with Crippen molar-refractivity contribution in [1.82, 2.24) is 20.1 Å². The third-order valence-corrected chi connectivity index (χ3v) is 2.09. The molecule has 15 heavy (non-hydrogen) atoms. The first kappa shape index (κ1) is 11.7. The zero-order valence-corrected chi connectivity index (χ0v) is 9.24. The molecule has 0 saturated carbocycles. The molecule has 0 atom stereocenters. The highest BCUT2D eigenvalue weighted by Gasteiger charge is 2.01. The summed E-state index contributed by atoms with van der Waals surface area (Å²) in [6.45, 7) is 4.76. The summed E-state index contributed by atoms with van der Waals surface area (Å²) in [4.78, 5) is 4.20. The van der Waals surface area contributed by atoms with E-state index >= 15 is 0 Å². The number of hydrogen-bond acceptors (Lipinski definition) is 3. The van der Waals surface area contributed by atoms with Gasteiger partial charge in [0.15, 0.2) is 0 Å². The van der Waals surface area contributed by atoms with Gasteiger partial charge in [0.2, 0.25) is 0 Å². The minimum Gasteiger partial charge on any atom is -0.310 e. The van der Waals surface area contributed by atoms with E-state index in [4.69, 9.17) is 6.42 Å². The molecule has 0 saturated heterocycles. The minimum atomic E-state index is 0.768. The quantitative estimate of drug-likeness (QED) is 0.538. The summed E-state index contributed by atoms with van der Waals surface area (Å²) < 4.78 is 1.94. The van der Waals surface area contributed by atoms with Gasteiger partial charge in [-0.2, -0.15) is 5.10 Å². The van der Waals surface area contributed by atoms with Crippen molar-refractivity contribution in [3.63, 3.8) is 0 Å². The van der Waals surface area contributed by atoms with Gasteiger partial charge in [0.05, 0.1) is 6.54 Å². The number of terminal acetylenes is 1. The summed E-state index contributed by atoms with van der Waals surface area (Å²) in [5.41, 5.74) is 0. The van der Waals surface area contributed by atoms with E-state index < -0.39 is 0 Å². The highest BCUT2D eigenvalue weighted by Crippen LogP contribution is 1.95. The van der Waals surface area contributed by atoms with Crippen molar-refractivity contribution in [2.45, 2.75) is 39.3 Å². The molecule has 0 aliphatic rings. The Morgan fingerprint density at radius 3 is 3.20 bits per heavy atom. The molecular formula is C11H18N4. The van der Waals surface area contributed by atoms with Crippen LogP contribution in [0.2, 0.25) is 0 Å². The van der Waals surface area contributed by atoms with Crippen molar-refractivity contribution in [1.29, 1.82) is 0 Å². The van der Waals surface area contributed by atoms with Gasteiger partial charge in [-0.25, -0.2) is 9.67 Å². The predicted octanol–water partition coefficient (Wildman–Crippen LogP) is 1.19. The van der Waals surface area contributed by atoms with Crippen LogP contribution in [0.5, 0.6) is 0 Å². The van der Waals surface area contributed by atoms with Crippen LogP contribution in [-0.2, 0) is 13.1 Å². The molecule has 1 aromatic heterocycles. The fourth-order valence-electron chi connectivity index (χ4n) is 1.34. The molecular weight excluding hydrogens is 188 g/mol. The molecule has 0 aliphatic carbocycles.